The van der Waals surface area contributed by atoms with Crippen LogP contribution in [0.15, 0.2) is 30.3 Å². The van der Waals surface area contributed by atoms with Crippen LogP contribution in [0.3, 0.4) is 0 Å². The molecule has 5 rings (SSSR count). The number of morpholine rings is 1. The second kappa shape index (κ2) is 7.93. The van der Waals surface area contributed by atoms with Gasteiger partial charge in [-0.05, 0) is 17.5 Å². The third-order valence-corrected chi connectivity index (χ3v) is 5.88. The van der Waals surface area contributed by atoms with Gasteiger partial charge < -0.3 is 24.8 Å². The second-order valence-electron chi connectivity index (χ2n) is 7.66. The highest BCUT2D eigenvalue weighted by molar-refractivity contribution is 5.57. The Bertz CT molecular complexity index is 780. The molecule has 28 heavy (non-hydrogen) atoms. The predicted octanol–water partition coefficient (Wildman–Crippen LogP) is 1.29. The van der Waals surface area contributed by atoms with E-state index in [2.05, 4.69) is 50.3 Å². The number of nitrogens with one attached hydrogen (secondary N) is 1. The fourth-order valence-corrected chi connectivity index (χ4v) is 4.22. The Kier molecular flexibility index (Phi) is 5.01. The van der Waals surface area contributed by atoms with Crippen molar-refractivity contribution in [2.45, 2.75) is 13.0 Å². The summed E-state index contributed by atoms with van der Waals surface area (Å²) >= 11 is 0. The topological polar surface area (TPSA) is 56.8 Å². The quantitative estimate of drug-likeness (QED) is 0.861. The Hall–Kier alpha value is -2.38. The average molecular weight is 380 g/mol. The summed E-state index contributed by atoms with van der Waals surface area (Å²) in [5.41, 5.74) is 2.87. The van der Waals surface area contributed by atoms with E-state index >= 15 is 0 Å². The maximum atomic E-state index is 5.53. The molecule has 7 nitrogen and oxygen atoms in total. The average Bonchev–Trinajstić information content (AvgIpc) is 2.79. The first-order valence-electron chi connectivity index (χ1n) is 10.4. The molecule has 3 aliphatic heterocycles. The molecule has 2 fully saturated rings. The van der Waals surface area contributed by atoms with Gasteiger partial charge in [0.15, 0.2) is 0 Å². The Morgan fingerprint density at radius 2 is 1.50 bits per heavy atom. The summed E-state index contributed by atoms with van der Waals surface area (Å²) in [6.07, 6.45) is 1.07. The molecule has 7 heteroatoms. The summed E-state index contributed by atoms with van der Waals surface area (Å²) in [7, 11) is 0. The molecule has 2 saturated heterocycles. The van der Waals surface area contributed by atoms with Crippen LogP contribution in [0.5, 0.6) is 0 Å². The highest BCUT2D eigenvalue weighted by Gasteiger charge is 2.23. The fourth-order valence-electron chi connectivity index (χ4n) is 4.22. The molecule has 1 aromatic carbocycles. The number of nitrogens with zero attached hydrogens (tertiary/aromatic N) is 5. The minimum absolute atomic E-state index is 0.744. The van der Waals surface area contributed by atoms with Gasteiger partial charge in [-0.3, -0.25) is 0 Å². The summed E-state index contributed by atoms with van der Waals surface area (Å²) in [5.74, 6) is 2.93. The number of benzene rings is 1. The number of hydrogen-bond donors (Lipinski definition) is 1. The van der Waals surface area contributed by atoms with Crippen LogP contribution in [0.25, 0.3) is 0 Å². The lowest BCUT2D eigenvalue weighted by molar-refractivity contribution is 0.122. The van der Waals surface area contributed by atoms with Gasteiger partial charge in [-0.15, -0.1) is 0 Å². The largest absolute Gasteiger partial charge is 0.378 e. The molecule has 0 amide bonds. The second-order valence-corrected chi connectivity index (χ2v) is 7.66. The molecule has 0 aliphatic carbocycles. The van der Waals surface area contributed by atoms with Crippen molar-refractivity contribution >= 4 is 17.6 Å². The summed E-state index contributed by atoms with van der Waals surface area (Å²) < 4.78 is 5.53. The molecule has 3 aliphatic rings. The van der Waals surface area contributed by atoms with E-state index in [0.717, 1.165) is 89.6 Å². The molecule has 148 valence electrons. The van der Waals surface area contributed by atoms with Crippen LogP contribution in [0.4, 0.5) is 17.6 Å². The van der Waals surface area contributed by atoms with Crippen molar-refractivity contribution in [3.05, 3.63) is 41.5 Å². The van der Waals surface area contributed by atoms with Crippen molar-refractivity contribution in [3.63, 3.8) is 0 Å². The highest BCUT2D eigenvalue weighted by Crippen LogP contribution is 2.28. The number of hydrogen-bond acceptors (Lipinski definition) is 7. The van der Waals surface area contributed by atoms with Crippen molar-refractivity contribution in [2.24, 2.45) is 0 Å². The summed E-state index contributed by atoms with van der Waals surface area (Å²) in [6, 6.07) is 10.9. The van der Waals surface area contributed by atoms with Crippen LogP contribution in [0.2, 0.25) is 0 Å². The monoisotopic (exact) mass is 380 g/mol. The van der Waals surface area contributed by atoms with E-state index in [9.17, 15) is 0 Å². The Balaban J connectivity index is 1.47. The molecule has 0 spiro atoms. The van der Waals surface area contributed by atoms with Crippen molar-refractivity contribution in [3.8, 4) is 0 Å². The lowest BCUT2D eigenvalue weighted by Gasteiger charge is -2.34. The van der Waals surface area contributed by atoms with Gasteiger partial charge in [0, 0.05) is 58.4 Å². The minimum Gasteiger partial charge on any atom is -0.378 e. The first kappa shape index (κ1) is 17.7. The molecule has 0 atom stereocenters. The lowest BCUT2D eigenvalue weighted by atomic mass is 10.00. The van der Waals surface area contributed by atoms with E-state index in [1.54, 1.807) is 0 Å². The maximum absolute atomic E-state index is 5.53. The van der Waals surface area contributed by atoms with Gasteiger partial charge in [0.1, 0.15) is 11.6 Å². The zero-order valence-electron chi connectivity index (χ0n) is 16.3. The molecule has 2 aromatic rings. The molecule has 0 radical (unpaired) electrons. The number of rotatable bonds is 3. The normalized spacial score (nSPS) is 20.2. The fraction of sp³-hybridized carbons (Fsp3) is 0.524. The smallest absolute Gasteiger partial charge is 0.229 e. The summed E-state index contributed by atoms with van der Waals surface area (Å²) in [4.78, 5) is 17.0. The van der Waals surface area contributed by atoms with Crippen LogP contribution < -0.4 is 20.0 Å². The van der Waals surface area contributed by atoms with Gasteiger partial charge in [-0.1, -0.05) is 24.3 Å². The van der Waals surface area contributed by atoms with Gasteiger partial charge in [-0.2, -0.15) is 9.97 Å². The zero-order chi connectivity index (χ0) is 18.8. The van der Waals surface area contributed by atoms with Crippen molar-refractivity contribution < 1.29 is 4.74 Å². The van der Waals surface area contributed by atoms with Crippen LogP contribution in [0.1, 0.15) is 11.1 Å². The van der Waals surface area contributed by atoms with E-state index in [4.69, 9.17) is 14.7 Å². The molecular formula is C21H28N6O. The Morgan fingerprint density at radius 1 is 0.786 bits per heavy atom. The van der Waals surface area contributed by atoms with Gasteiger partial charge >= 0.3 is 0 Å². The number of fused-ring (bicyclic) bond motifs is 1. The third kappa shape index (κ3) is 3.64. The first-order valence-corrected chi connectivity index (χ1v) is 10.4. The molecule has 0 unspecified atom stereocenters. The predicted molar refractivity (Wildman–Crippen MR) is 111 cm³/mol. The maximum Gasteiger partial charge on any atom is 0.229 e. The molecule has 1 aromatic heterocycles. The summed E-state index contributed by atoms with van der Waals surface area (Å²) in [5, 5.41) is 3.43. The first-order chi connectivity index (χ1) is 13.9. The zero-order valence-corrected chi connectivity index (χ0v) is 16.3. The van der Waals surface area contributed by atoms with Gasteiger partial charge in [0.2, 0.25) is 5.95 Å². The van der Waals surface area contributed by atoms with E-state index < -0.39 is 0 Å². The van der Waals surface area contributed by atoms with E-state index in [1.165, 1.54) is 11.1 Å². The number of aromatic nitrogens is 2. The van der Waals surface area contributed by atoms with E-state index in [0.29, 0.717) is 0 Å². The Labute approximate surface area is 166 Å². The number of piperazine rings is 1. The van der Waals surface area contributed by atoms with E-state index in [-0.39, 0.29) is 0 Å². The van der Waals surface area contributed by atoms with Gasteiger partial charge in [-0.25, -0.2) is 0 Å². The van der Waals surface area contributed by atoms with Crippen LogP contribution in [-0.4, -0.2) is 69.0 Å². The number of anilines is 3. The van der Waals surface area contributed by atoms with Crippen LogP contribution in [-0.2, 0) is 17.7 Å². The molecule has 0 bridgehead atoms. The van der Waals surface area contributed by atoms with E-state index in [1.807, 2.05) is 0 Å². The SMILES string of the molecule is c1ccc2c(c1)CCN(c1cc(N3CCNCC3)nc(N3CCOCC3)n1)C2. The van der Waals surface area contributed by atoms with Crippen LogP contribution >= 0.6 is 0 Å². The van der Waals surface area contributed by atoms with Gasteiger partial charge in [0.05, 0.1) is 13.2 Å². The van der Waals surface area contributed by atoms with Gasteiger partial charge in [0.25, 0.3) is 0 Å². The molecule has 4 heterocycles. The summed E-state index contributed by atoms with van der Waals surface area (Å²) in [6.45, 7) is 9.09. The van der Waals surface area contributed by atoms with Crippen molar-refractivity contribution in [2.75, 3.05) is 73.7 Å². The molecule has 1 N–H and O–H groups in total. The third-order valence-electron chi connectivity index (χ3n) is 5.88. The van der Waals surface area contributed by atoms with Crippen molar-refractivity contribution in [1.29, 1.82) is 0 Å². The highest BCUT2D eigenvalue weighted by atomic mass is 16.5. The minimum atomic E-state index is 0.744. The molecule has 0 saturated carbocycles. The van der Waals surface area contributed by atoms with Crippen molar-refractivity contribution in [1.82, 2.24) is 15.3 Å². The Morgan fingerprint density at radius 3 is 2.29 bits per heavy atom. The van der Waals surface area contributed by atoms with Crippen LogP contribution in [0, 0.1) is 0 Å². The number of ether oxygens (including phenoxy) is 1. The lowest BCUT2D eigenvalue weighted by Crippen LogP contribution is -2.44. The standard InChI is InChI=1S/C21H28N6O/c1-2-4-18-16-27(8-5-17(18)3-1)20-15-19(25-9-6-22-7-10-25)23-21(24-20)26-11-13-28-14-12-26/h1-4,15,22H,5-14,16H2. The molecular weight excluding hydrogens is 352 g/mol.